The highest BCUT2D eigenvalue weighted by Crippen LogP contribution is 2.22. The Morgan fingerprint density at radius 3 is 2.24 bits per heavy atom. The van der Waals surface area contributed by atoms with Crippen molar-refractivity contribution in [2.24, 2.45) is 11.7 Å². The van der Waals surface area contributed by atoms with Crippen LogP contribution in [0, 0.1) is 5.92 Å². The molecule has 2 N–H and O–H groups in total. The van der Waals surface area contributed by atoms with Crippen LogP contribution in [0.15, 0.2) is 24.3 Å². The van der Waals surface area contributed by atoms with Gasteiger partial charge in [-0.2, -0.15) is 0 Å². The van der Waals surface area contributed by atoms with Crippen LogP contribution in [0.3, 0.4) is 0 Å². The van der Waals surface area contributed by atoms with Crippen molar-refractivity contribution in [2.45, 2.75) is 32.1 Å². The molecule has 0 atom stereocenters. The fourth-order valence-electron chi connectivity index (χ4n) is 3.64. The van der Waals surface area contributed by atoms with Gasteiger partial charge in [-0.05, 0) is 55.9 Å². The van der Waals surface area contributed by atoms with Gasteiger partial charge in [0.25, 0.3) is 5.91 Å². The third kappa shape index (κ3) is 4.18. The topological polar surface area (TPSA) is 83.7 Å². The Kier molecular flexibility index (Phi) is 5.36. The number of nitrogens with two attached hydrogens (primary N) is 1. The molecule has 2 heterocycles. The van der Waals surface area contributed by atoms with Crippen molar-refractivity contribution in [1.29, 1.82) is 0 Å². The van der Waals surface area contributed by atoms with E-state index in [4.69, 9.17) is 5.73 Å². The average Bonchev–Trinajstić information content (AvgIpc) is 2.64. The molecule has 2 aliphatic heterocycles. The van der Waals surface area contributed by atoms with Gasteiger partial charge in [-0.3, -0.25) is 14.4 Å². The molecule has 1 aromatic rings. The van der Waals surface area contributed by atoms with E-state index >= 15 is 0 Å². The lowest BCUT2D eigenvalue weighted by Crippen LogP contribution is -2.44. The molecular formula is C19H25N3O3. The molecule has 1 aromatic carbocycles. The highest BCUT2D eigenvalue weighted by Gasteiger charge is 2.27. The molecule has 6 nitrogen and oxygen atoms in total. The number of piperidine rings is 2. The summed E-state index contributed by atoms with van der Waals surface area (Å²) in [5, 5.41) is 0. The Bertz CT molecular complexity index is 648. The second-order valence-corrected chi connectivity index (χ2v) is 6.97. The number of likely N-dealkylation sites (tertiary alicyclic amines) is 2. The molecule has 0 saturated carbocycles. The minimum Gasteiger partial charge on any atom is -0.366 e. The molecule has 3 amide bonds. The van der Waals surface area contributed by atoms with Crippen LogP contribution in [0.4, 0.5) is 0 Å². The quantitative estimate of drug-likeness (QED) is 0.902. The smallest absolute Gasteiger partial charge is 0.253 e. The first-order valence-electron chi connectivity index (χ1n) is 9.01. The molecule has 2 aliphatic rings. The van der Waals surface area contributed by atoms with Crippen molar-refractivity contribution < 1.29 is 14.4 Å². The van der Waals surface area contributed by atoms with E-state index in [-0.39, 0.29) is 11.8 Å². The number of amides is 3. The normalized spacial score (nSPS) is 19.1. The SMILES string of the molecule is NC(=O)c1ccc(C(=O)N2CCC(CN3CCCCC3=O)CC2)cc1. The minimum atomic E-state index is -0.493. The van der Waals surface area contributed by atoms with Crippen LogP contribution in [0.25, 0.3) is 0 Å². The van der Waals surface area contributed by atoms with Gasteiger partial charge in [0.15, 0.2) is 0 Å². The van der Waals surface area contributed by atoms with E-state index in [2.05, 4.69) is 0 Å². The van der Waals surface area contributed by atoms with Crippen molar-refractivity contribution in [2.75, 3.05) is 26.2 Å². The van der Waals surface area contributed by atoms with Gasteiger partial charge < -0.3 is 15.5 Å². The summed E-state index contributed by atoms with van der Waals surface area (Å²) in [5.41, 5.74) is 6.20. The van der Waals surface area contributed by atoms with Crippen LogP contribution in [0.1, 0.15) is 52.8 Å². The van der Waals surface area contributed by atoms with Gasteiger partial charge in [0.05, 0.1) is 0 Å². The second-order valence-electron chi connectivity index (χ2n) is 6.97. The van der Waals surface area contributed by atoms with Gasteiger partial charge in [0.2, 0.25) is 11.8 Å². The number of carbonyl (C=O) groups is 3. The van der Waals surface area contributed by atoms with E-state index in [1.54, 1.807) is 24.3 Å². The third-order valence-electron chi connectivity index (χ3n) is 5.22. The Hall–Kier alpha value is -2.37. The van der Waals surface area contributed by atoms with Crippen LogP contribution in [0.2, 0.25) is 0 Å². The van der Waals surface area contributed by atoms with Crippen LogP contribution < -0.4 is 5.73 Å². The standard InChI is InChI=1S/C19H25N3O3/c20-18(24)15-4-6-16(7-5-15)19(25)21-11-8-14(9-12-21)13-22-10-2-1-3-17(22)23/h4-7,14H,1-3,8-13H2,(H2,20,24). The lowest BCUT2D eigenvalue weighted by Gasteiger charge is -2.36. The zero-order valence-corrected chi connectivity index (χ0v) is 14.4. The highest BCUT2D eigenvalue weighted by atomic mass is 16.2. The lowest BCUT2D eigenvalue weighted by atomic mass is 9.94. The number of primary amides is 1. The lowest BCUT2D eigenvalue weighted by molar-refractivity contribution is -0.134. The first-order valence-corrected chi connectivity index (χ1v) is 9.01. The maximum atomic E-state index is 12.6. The Morgan fingerprint density at radius 1 is 1.00 bits per heavy atom. The average molecular weight is 343 g/mol. The molecule has 134 valence electrons. The van der Waals surface area contributed by atoms with Crippen LogP contribution in [-0.2, 0) is 4.79 Å². The van der Waals surface area contributed by atoms with E-state index in [0.29, 0.717) is 36.6 Å². The maximum Gasteiger partial charge on any atom is 0.253 e. The molecule has 25 heavy (non-hydrogen) atoms. The van der Waals surface area contributed by atoms with Gasteiger partial charge in [0, 0.05) is 43.7 Å². The Labute approximate surface area is 148 Å². The summed E-state index contributed by atoms with van der Waals surface area (Å²) >= 11 is 0. The third-order valence-corrected chi connectivity index (χ3v) is 5.22. The maximum absolute atomic E-state index is 12.6. The van der Waals surface area contributed by atoms with Crippen molar-refractivity contribution in [3.05, 3.63) is 35.4 Å². The molecule has 0 radical (unpaired) electrons. The van der Waals surface area contributed by atoms with Gasteiger partial charge >= 0.3 is 0 Å². The summed E-state index contributed by atoms with van der Waals surface area (Å²) in [4.78, 5) is 39.5. The molecule has 0 bridgehead atoms. The molecule has 2 saturated heterocycles. The largest absolute Gasteiger partial charge is 0.366 e. The molecular weight excluding hydrogens is 318 g/mol. The predicted octanol–water partition coefficient (Wildman–Crippen LogP) is 1.65. The number of hydrogen-bond acceptors (Lipinski definition) is 3. The van der Waals surface area contributed by atoms with Crippen LogP contribution in [0.5, 0.6) is 0 Å². The zero-order chi connectivity index (χ0) is 17.8. The summed E-state index contributed by atoms with van der Waals surface area (Å²) < 4.78 is 0. The number of benzene rings is 1. The molecule has 0 spiro atoms. The van der Waals surface area contributed by atoms with Crippen molar-refractivity contribution in [1.82, 2.24) is 9.80 Å². The second kappa shape index (κ2) is 7.68. The summed E-state index contributed by atoms with van der Waals surface area (Å²) in [7, 11) is 0. The van der Waals surface area contributed by atoms with Gasteiger partial charge in [-0.1, -0.05) is 0 Å². The van der Waals surface area contributed by atoms with Gasteiger partial charge in [-0.25, -0.2) is 0 Å². The summed E-state index contributed by atoms with van der Waals surface area (Å²) in [6.45, 7) is 3.13. The number of hydrogen-bond donors (Lipinski definition) is 1. The van der Waals surface area contributed by atoms with Crippen molar-refractivity contribution in [3.63, 3.8) is 0 Å². The van der Waals surface area contributed by atoms with Crippen molar-refractivity contribution >= 4 is 17.7 Å². The first-order chi connectivity index (χ1) is 12.0. The zero-order valence-electron chi connectivity index (χ0n) is 14.4. The van der Waals surface area contributed by atoms with Gasteiger partial charge in [0.1, 0.15) is 0 Å². The fraction of sp³-hybridized carbons (Fsp3) is 0.526. The molecule has 3 rings (SSSR count). The summed E-state index contributed by atoms with van der Waals surface area (Å²) in [6, 6.07) is 6.48. The molecule has 6 heteroatoms. The summed E-state index contributed by atoms with van der Waals surface area (Å²) in [5.74, 6) is 0.248. The predicted molar refractivity (Wildman–Crippen MR) is 94.0 cm³/mol. The van der Waals surface area contributed by atoms with Crippen LogP contribution in [-0.4, -0.2) is 53.7 Å². The Morgan fingerprint density at radius 2 is 1.64 bits per heavy atom. The molecule has 0 unspecified atom stereocenters. The van der Waals surface area contributed by atoms with Crippen molar-refractivity contribution in [3.8, 4) is 0 Å². The van der Waals surface area contributed by atoms with E-state index in [9.17, 15) is 14.4 Å². The van der Waals surface area contributed by atoms with E-state index in [1.165, 1.54) is 0 Å². The van der Waals surface area contributed by atoms with E-state index < -0.39 is 5.91 Å². The van der Waals surface area contributed by atoms with E-state index in [1.807, 2.05) is 9.80 Å². The molecule has 0 aliphatic carbocycles. The molecule has 0 aromatic heterocycles. The Balaban J connectivity index is 1.52. The number of nitrogens with zero attached hydrogens (tertiary/aromatic N) is 2. The monoisotopic (exact) mass is 343 g/mol. The fourth-order valence-corrected chi connectivity index (χ4v) is 3.64. The first kappa shape index (κ1) is 17.5. The van der Waals surface area contributed by atoms with Crippen LogP contribution >= 0.6 is 0 Å². The highest BCUT2D eigenvalue weighted by molar-refractivity contribution is 5.97. The minimum absolute atomic E-state index is 0.0106. The number of rotatable bonds is 4. The van der Waals surface area contributed by atoms with E-state index in [0.717, 1.165) is 38.8 Å². The number of carbonyl (C=O) groups excluding carboxylic acids is 3. The summed E-state index contributed by atoms with van der Waals surface area (Å²) in [6.07, 6.45) is 4.64. The van der Waals surface area contributed by atoms with Gasteiger partial charge in [-0.15, -0.1) is 0 Å². The molecule has 2 fully saturated rings.